The Labute approximate surface area is 247 Å². The van der Waals surface area contributed by atoms with Crippen molar-refractivity contribution in [3.63, 3.8) is 0 Å². The minimum absolute atomic E-state index is 0.318. The maximum Gasteiger partial charge on any atom is 0.136 e. The first kappa shape index (κ1) is 24.6. The third-order valence-electron chi connectivity index (χ3n) is 7.09. The number of anilines is 3. The van der Waals surface area contributed by atoms with Crippen molar-refractivity contribution < 1.29 is 4.39 Å². The van der Waals surface area contributed by atoms with E-state index in [1.807, 2.05) is 48.5 Å². The van der Waals surface area contributed by atoms with E-state index in [0.29, 0.717) is 44.5 Å². The average molecular weight is 584 g/mol. The van der Waals surface area contributed by atoms with Crippen LogP contribution in [0.1, 0.15) is 0 Å². The summed E-state index contributed by atoms with van der Waals surface area (Å²) in [7, 11) is 0. The first-order valence-electron chi connectivity index (χ1n) is 13.1. The lowest BCUT2D eigenvalue weighted by Gasteiger charge is -2.25. The maximum atomic E-state index is 13.9. The second-order valence-corrected chi connectivity index (χ2v) is 10.7. The Morgan fingerprint density at radius 2 is 0.810 bits per heavy atom. The molecule has 0 aliphatic heterocycles. The molecule has 0 bridgehead atoms. The Balaban J connectivity index is 1.34. The van der Waals surface area contributed by atoms with Crippen molar-refractivity contribution in [2.75, 3.05) is 4.90 Å². The molecule has 42 heavy (non-hydrogen) atoms. The molecule has 0 fully saturated rings. The van der Waals surface area contributed by atoms with Crippen molar-refractivity contribution in [3.05, 3.63) is 115 Å². The third kappa shape index (κ3) is 4.08. The first-order chi connectivity index (χ1) is 20.7. The van der Waals surface area contributed by atoms with E-state index in [1.165, 1.54) is 12.1 Å². The zero-order chi connectivity index (χ0) is 28.0. The molecule has 0 radical (unpaired) electrons. The van der Waals surface area contributed by atoms with Crippen molar-refractivity contribution in [3.8, 4) is 22.5 Å². The molecule has 0 amide bonds. The Morgan fingerprint density at radius 3 is 1.26 bits per heavy atom. The average Bonchev–Trinajstić information content (AvgIpc) is 3.73. The highest BCUT2D eigenvalue weighted by Gasteiger charge is 2.22. The summed E-state index contributed by atoms with van der Waals surface area (Å²) < 4.78 is 31.9. The van der Waals surface area contributed by atoms with Crippen LogP contribution in [0.3, 0.4) is 0 Å². The van der Waals surface area contributed by atoms with Crippen LogP contribution in [0.15, 0.2) is 109 Å². The number of hydrogen-bond donors (Lipinski definition) is 0. The summed E-state index contributed by atoms with van der Waals surface area (Å²) >= 11 is 2.22. The summed E-state index contributed by atoms with van der Waals surface area (Å²) in [6, 6.07) is 35.0. The van der Waals surface area contributed by atoms with Crippen molar-refractivity contribution in [1.82, 2.24) is 27.5 Å². The fourth-order valence-electron chi connectivity index (χ4n) is 5.14. The standard InChI is InChI=1S/C32H18FN7S2/c33-21-15-11-19(12-16-21)25-26(35-28-27(34-25)29-31(38-41-36-29)32-30(28)37-42-39-32)20-13-17-24(18-14-20)40(22-7-3-1-4-8-22)23-9-5-2-6-10-23/h1-18H. The van der Waals surface area contributed by atoms with Gasteiger partial charge in [0, 0.05) is 28.2 Å². The number of rotatable bonds is 5. The molecule has 7 nitrogen and oxygen atoms in total. The van der Waals surface area contributed by atoms with E-state index < -0.39 is 0 Å². The molecule has 8 aromatic rings. The van der Waals surface area contributed by atoms with Crippen molar-refractivity contribution in [2.45, 2.75) is 0 Å². The van der Waals surface area contributed by atoms with Gasteiger partial charge in [0.15, 0.2) is 0 Å². The van der Waals surface area contributed by atoms with Crippen LogP contribution in [0.4, 0.5) is 21.5 Å². The Hall–Kier alpha value is -5.19. The number of benzene rings is 5. The van der Waals surface area contributed by atoms with Crippen LogP contribution in [0.2, 0.25) is 0 Å². The molecular formula is C32H18FN7S2. The highest BCUT2D eigenvalue weighted by atomic mass is 32.1. The van der Waals surface area contributed by atoms with Gasteiger partial charge in [0.2, 0.25) is 0 Å². The summed E-state index contributed by atoms with van der Waals surface area (Å²) in [5.41, 5.74) is 9.79. The molecule has 0 spiro atoms. The number of hydrogen-bond acceptors (Lipinski definition) is 9. The van der Waals surface area contributed by atoms with Gasteiger partial charge in [-0.1, -0.05) is 48.5 Å². The summed E-state index contributed by atoms with van der Waals surface area (Å²) in [4.78, 5) is 12.4. The van der Waals surface area contributed by atoms with Crippen LogP contribution >= 0.6 is 23.5 Å². The van der Waals surface area contributed by atoms with Crippen LogP contribution in [-0.2, 0) is 0 Å². The minimum atomic E-state index is -0.318. The monoisotopic (exact) mass is 583 g/mol. The van der Waals surface area contributed by atoms with E-state index in [1.54, 1.807) is 12.1 Å². The predicted molar refractivity (Wildman–Crippen MR) is 167 cm³/mol. The normalized spacial score (nSPS) is 11.5. The number of aromatic nitrogens is 6. The molecule has 8 rings (SSSR count). The summed E-state index contributed by atoms with van der Waals surface area (Å²) in [5, 5.41) is 0. The van der Waals surface area contributed by atoms with E-state index in [2.05, 4.69) is 58.8 Å². The number of fused-ring (bicyclic) bond motifs is 6. The van der Waals surface area contributed by atoms with Crippen LogP contribution in [-0.4, -0.2) is 27.5 Å². The number of para-hydroxylation sites is 2. The van der Waals surface area contributed by atoms with E-state index in [9.17, 15) is 4.39 Å². The molecule has 3 heterocycles. The zero-order valence-corrected chi connectivity index (χ0v) is 23.4. The van der Waals surface area contributed by atoms with Gasteiger partial charge < -0.3 is 4.90 Å². The van der Waals surface area contributed by atoms with Gasteiger partial charge in [-0.05, 0) is 60.7 Å². The summed E-state index contributed by atoms with van der Waals surface area (Å²) in [6.07, 6.45) is 0. The number of halogens is 1. The lowest BCUT2D eigenvalue weighted by Crippen LogP contribution is -2.09. The van der Waals surface area contributed by atoms with E-state index >= 15 is 0 Å². The van der Waals surface area contributed by atoms with Crippen molar-refractivity contribution in [2.24, 2.45) is 0 Å². The highest BCUT2D eigenvalue weighted by Crippen LogP contribution is 2.39. The molecule has 0 saturated heterocycles. The van der Waals surface area contributed by atoms with Gasteiger partial charge in [0.05, 0.1) is 34.8 Å². The fraction of sp³-hybridized carbons (Fsp3) is 0. The van der Waals surface area contributed by atoms with Gasteiger partial charge in [-0.15, -0.1) is 0 Å². The van der Waals surface area contributed by atoms with Gasteiger partial charge in [0.25, 0.3) is 0 Å². The second-order valence-electron chi connectivity index (χ2n) is 9.60. The topological polar surface area (TPSA) is 80.6 Å². The van der Waals surface area contributed by atoms with Crippen LogP contribution in [0, 0.1) is 5.82 Å². The van der Waals surface area contributed by atoms with E-state index in [4.69, 9.17) is 9.97 Å². The summed E-state index contributed by atoms with van der Waals surface area (Å²) in [5.74, 6) is -0.318. The smallest absolute Gasteiger partial charge is 0.136 e. The number of nitrogens with zero attached hydrogens (tertiary/aromatic N) is 7. The van der Waals surface area contributed by atoms with E-state index in [-0.39, 0.29) is 5.82 Å². The van der Waals surface area contributed by atoms with Gasteiger partial charge >= 0.3 is 0 Å². The molecular weight excluding hydrogens is 566 g/mol. The Bertz CT molecular complexity index is 2160. The lowest BCUT2D eigenvalue weighted by molar-refractivity contribution is 0.628. The largest absolute Gasteiger partial charge is 0.311 e. The highest BCUT2D eigenvalue weighted by molar-refractivity contribution is 7.01. The van der Waals surface area contributed by atoms with Gasteiger partial charge in [0.1, 0.15) is 38.9 Å². The molecule has 0 aliphatic rings. The van der Waals surface area contributed by atoms with Gasteiger partial charge in [-0.2, -0.15) is 17.5 Å². The maximum absolute atomic E-state index is 13.9. The Morgan fingerprint density at radius 1 is 0.429 bits per heavy atom. The molecule has 0 aliphatic carbocycles. The van der Waals surface area contributed by atoms with Crippen LogP contribution < -0.4 is 4.90 Å². The molecule has 0 unspecified atom stereocenters. The minimum Gasteiger partial charge on any atom is -0.311 e. The third-order valence-corrected chi connectivity index (χ3v) is 8.15. The van der Waals surface area contributed by atoms with Gasteiger partial charge in [-0.25, -0.2) is 14.4 Å². The quantitative estimate of drug-likeness (QED) is 0.201. The van der Waals surface area contributed by atoms with Gasteiger partial charge in [-0.3, -0.25) is 0 Å². The molecule has 10 heteroatoms. The van der Waals surface area contributed by atoms with Crippen molar-refractivity contribution >= 4 is 73.6 Å². The first-order valence-corrected chi connectivity index (χ1v) is 14.6. The molecule has 200 valence electrons. The molecule has 0 saturated carbocycles. The molecule has 3 aromatic heterocycles. The van der Waals surface area contributed by atoms with E-state index in [0.717, 1.165) is 51.6 Å². The summed E-state index contributed by atoms with van der Waals surface area (Å²) in [6.45, 7) is 0. The molecule has 5 aromatic carbocycles. The predicted octanol–water partition coefficient (Wildman–Crippen LogP) is 8.58. The van der Waals surface area contributed by atoms with Crippen LogP contribution in [0.25, 0.3) is 55.6 Å². The SMILES string of the molecule is Fc1ccc(-c2nc3c4nsnc4c4nsnc4c3nc2-c2ccc(N(c3ccccc3)c3ccccc3)cc2)cc1. The Kier molecular flexibility index (Phi) is 5.87. The van der Waals surface area contributed by atoms with Crippen molar-refractivity contribution in [1.29, 1.82) is 0 Å². The fourth-order valence-corrected chi connectivity index (χ4v) is 6.24. The second kappa shape index (κ2) is 10.0. The lowest BCUT2D eigenvalue weighted by atomic mass is 10.0. The molecule has 0 atom stereocenters. The van der Waals surface area contributed by atoms with Crippen LogP contribution in [0.5, 0.6) is 0 Å². The zero-order valence-electron chi connectivity index (χ0n) is 21.7. The molecule has 0 N–H and O–H groups in total.